The molecule has 0 saturated carbocycles. The minimum Gasteiger partial charge on any atom is -0.370 e. The van der Waals surface area contributed by atoms with Crippen LogP contribution >= 0.6 is 0 Å². The van der Waals surface area contributed by atoms with Gasteiger partial charge in [-0.15, -0.1) is 0 Å². The van der Waals surface area contributed by atoms with Gasteiger partial charge in [-0.3, -0.25) is 9.59 Å². The van der Waals surface area contributed by atoms with Crippen molar-refractivity contribution in [2.45, 2.75) is 31.7 Å². The van der Waals surface area contributed by atoms with Crippen molar-refractivity contribution in [1.29, 1.82) is 0 Å². The maximum Gasteiger partial charge on any atom is 0.249 e. The Bertz CT molecular complexity index is 798. The van der Waals surface area contributed by atoms with E-state index in [9.17, 15) is 9.59 Å². The van der Waals surface area contributed by atoms with Crippen LogP contribution in [0.25, 0.3) is 0 Å². The Kier molecular flexibility index (Phi) is 5.10. The maximum absolute atomic E-state index is 13.1. The summed E-state index contributed by atoms with van der Waals surface area (Å²) >= 11 is 0. The van der Waals surface area contributed by atoms with Gasteiger partial charge < -0.3 is 15.1 Å². The van der Waals surface area contributed by atoms with E-state index in [0.29, 0.717) is 6.42 Å². The number of amides is 2. The largest absolute Gasteiger partial charge is 0.370 e. The summed E-state index contributed by atoms with van der Waals surface area (Å²) in [6, 6.07) is 17.3. The van der Waals surface area contributed by atoms with Crippen LogP contribution in [0.1, 0.15) is 37.3 Å². The molecule has 2 aliphatic heterocycles. The quantitative estimate of drug-likeness (QED) is 0.883. The fourth-order valence-electron chi connectivity index (χ4n) is 3.88. The highest BCUT2D eigenvalue weighted by molar-refractivity contribution is 5.95. The van der Waals surface area contributed by atoms with Crippen molar-refractivity contribution in [3.05, 3.63) is 60.2 Å². The predicted molar refractivity (Wildman–Crippen MR) is 107 cm³/mol. The summed E-state index contributed by atoms with van der Waals surface area (Å²) in [4.78, 5) is 28.8. The third kappa shape index (κ3) is 3.82. The molecular formula is C22H25N3O2. The minimum absolute atomic E-state index is 0.123. The van der Waals surface area contributed by atoms with E-state index in [4.69, 9.17) is 0 Å². The molecule has 140 valence electrons. The Labute approximate surface area is 160 Å². The Balaban J connectivity index is 1.54. The molecule has 0 radical (unpaired) electrons. The first kappa shape index (κ1) is 17.6. The lowest BCUT2D eigenvalue weighted by molar-refractivity contribution is -0.131. The van der Waals surface area contributed by atoms with Crippen molar-refractivity contribution >= 4 is 23.2 Å². The van der Waals surface area contributed by atoms with E-state index in [0.717, 1.165) is 55.8 Å². The van der Waals surface area contributed by atoms with Crippen molar-refractivity contribution in [3.8, 4) is 0 Å². The van der Waals surface area contributed by atoms with Gasteiger partial charge >= 0.3 is 0 Å². The van der Waals surface area contributed by atoms with Crippen molar-refractivity contribution in [3.63, 3.8) is 0 Å². The van der Waals surface area contributed by atoms with E-state index in [1.807, 2.05) is 64.4 Å². The molecule has 2 aliphatic rings. The van der Waals surface area contributed by atoms with E-state index in [1.54, 1.807) is 0 Å². The van der Waals surface area contributed by atoms with Gasteiger partial charge in [-0.25, -0.2) is 0 Å². The number of anilines is 2. The molecule has 2 aromatic carbocycles. The highest BCUT2D eigenvalue weighted by Gasteiger charge is 2.28. The van der Waals surface area contributed by atoms with Crippen LogP contribution in [-0.4, -0.2) is 36.3 Å². The molecule has 0 aromatic heterocycles. The molecule has 2 fully saturated rings. The Hall–Kier alpha value is -2.82. The zero-order valence-corrected chi connectivity index (χ0v) is 15.4. The normalized spacial score (nSPS) is 18.0. The smallest absolute Gasteiger partial charge is 0.249 e. The molecule has 4 rings (SSSR count). The molecule has 0 unspecified atom stereocenters. The van der Waals surface area contributed by atoms with Crippen LogP contribution < -0.4 is 10.2 Å². The summed E-state index contributed by atoms with van der Waals surface area (Å²) in [6.45, 7) is 2.45. The van der Waals surface area contributed by atoms with E-state index in [-0.39, 0.29) is 11.8 Å². The summed E-state index contributed by atoms with van der Waals surface area (Å²) in [5, 5.41) is 3.41. The van der Waals surface area contributed by atoms with Gasteiger partial charge in [-0.1, -0.05) is 30.3 Å². The number of likely N-dealkylation sites (tertiary alicyclic amines) is 1. The van der Waals surface area contributed by atoms with Gasteiger partial charge in [-0.2, -0.15) is 0 Å². The Morgan fingerprint density at radius 1 is 0.889 bits per heavy atom. The highest BCUT2D eigenvalue weighted by Crippen LogP contribution is 2.27. The fourth-order valence-corrected chi connectivity index (χ4v) is 3.88. The number of nitrogens with one attached hydrogen (secondary N) is 1. The lowest BCUT2D eigenvalue weighted by Crippen LogP contribution is -2.36. The summed E-state index contributed by atoms with van der Waals surface area (Å²) in [5.74, 6) is 0.305. The zero-order chi connectivity index (χ0) is 18.6. The molecule has 0 spiro atoms. The second-order valence-corrected chi connectivity index (χ2v) is 7.22. The van der Waals surface area contributed by atoms with E-state index in [1.165, 1.54) is 0 Å². The first-order chi connectivity index (χ1) is 13.2. The molecule has 0 aliphatic carbocycles. The highest BCUT2D eigenvalue weighted by atomic mass is 16.2. The van der Waals surface area contributed by atoms with Crippen molar-refractivity contribution in [1.82, 2.24) is 4.90 Å². The summed E-state index contributed by atoms with van der Waals surface area (Å²) < 4.78 is 0. The van der Waals surface area contributed by atoms with E-state index < -0.39 is 6.04 Å². The molecule has 2 saturated heterocycles. The monoisotopic (exact) mass is 363 g/mol. The van der Waals surface area contributed by atoms with Crippen molar-refractivity contribution in [2.24, 2.45) is 0 Å². The number of nitrogens with zero attached hydrogens (tertiary/aromatic N) is 2. The van der Waals surface area contributed by atoms with Crippen LogP contribution in [0.4, 0.5) is 11.4 Å². The zero-order valence-electron chi connectivity index (χ0n) is 15.4. The molecular weight excluding hydrogens is 338 g/mol. The second-order valence-electron chi connectivity index (χ2n) is 7.22. The van der Waals surface area contributed by atoms with Gasteiger partial charge in [0.1, 0.15) is 6.04 Å². The molecule has 5 heteroatoms. The molecule has 2 aromatic rings. The molecule has 0 bridgehead atoms. The first-order valence-corrected chi connectivity index (χ1v) is 9.73. The first-order valence-electron chi connectivity index (χ1n) is 9.73. The molecule has 1 atom stereocenters. The topological polar surface area (TPSA) is 52.7 Å². The number of carbonyl (C=O) groups excluding carboxylic acids is 2. The van der Waals surface area contributed by atoms with Gasteiger partial charge in [0.15, 0.2) is 0 Å². The van der Waals surface area contributed by atoms with Gasteiger partial charge in [0.25, 0.3) is 0 Å². The average molecular weight is 363 g/mol. The molecule has 5 nitrogen and oxygen atoms in total. The maximum atomic E-state index is 13.1. The van der Waals surface area contributed by atoms with Crippen LogP contribution in [-0.2, 0) is 9.59 Å². The minimum atomic E-state index is -0.399. The number of carbonyl (C=O) groups is 2. The molecule has 1 N–H and O–H groups in total. The Morgan fingerprint density at radius 3 is 2.22 bits per heavy atom. The molecule has 2 amide bonds. The molecule has 2 heterocycles. The lowest BCUT2D eigenvalue weighted by atomic mass is 10.0. The van der Waals surface area contributed by atoms with Crippen molar-refractivity contribution in [2.75, 3.05) is 29.9 Å². The van der Waals surface area contributed by atoms with Gasteiger partial charge in [0.05, 0.1) is 0 Å². The fraction of sp³-hybridized carbons (Fsp3) is 0.364. The third-order valence-corrected chi connectivity index (χ3v) is 5.36. The van der Waals surface area contributed by atoms with Crippen LogP contribution in [0.15, 0.2) is 54.6 Å². The average Bonchev–Trinajstić information content (AvgIpc) is 3.39. The van der Waals surface area contributed by atoms with Crippen LogP contribution in [0, 0.1) is 0 Å². The number of rotatable bonds is 5. The lowest BCUT2D eigenvalue weighted by Gasteiger charge is -2.25. The number of hydrogen-bond acceptors (Lipinski definition) is 3. The SMILES string of the molecule is O=C([C@@H](Nc1ccc(N2CCCC2=O)cc1)c1ccccc1)N1CCCC1. The van der Waals surface area contributed by atoms with Crippen LogP contribution in [0.3, 0.4) is 0 Å². The van der Waals surface area contributed by atoms with E-state index in [2.05, 4.69) is 5.32 Å². The van der Waals surface area contributed by atoms with Gasteiger partial charge in [0, 0.05) is 37.4 Å². The van der Waals surface area contributed by atoms with Crippen LogP contribution in [0.2, 0.25) is 0 Å². The standard InChI is InChI=1S/C22H25N3O2/c26-20-9-6-16-25(20)19-12-10-18(11-13-19)23-21(17-7-2-1-3-8-17)22(27)24-14-4-5-15-24/h1-3,7-8,10-13,21,23H,4-6,9,14-16H2/t21-/m0/s1. The Morgan fingerprint density at radius 2 is 1.59 bits per heavy atom. The predicted octanol–water partition coefficient (Wildman–Crippen LogP) is 3.59. The van der Waals surface area contributed by atoms with E-state index >= 15 is 0 Å². The number of hydrogen-bond donors (Lipinski definition) is 1. The second kappa shape index (κ2) is 7.82. The number of benzene rings is 2. The van der Waals surface area contributed by atoms with Crippen molar-refractivity contribution < 1.29 is 9.59 Å². The summed E-state index contributed by atoms with van der Waals surface area (Å²) in [7, 11) is 0. The summed E-state index contributed by atoms with van der Waals surface area (Å²) in [6.07, 6.45) is 3.69. The molecule has 27 heavy (non-hydrogen) atoms. The van der Waals surface area contributed by atoms with Gasteiger partial charge in [0.2, 0.25) is 11.8 Å². The van der Waals surface area contributed by atoms with Crippen LogP contribution in [0.5, 0.6) is 0 Å². The van der Waals surface area contributed by atoms with Gasteiger partial charge in [-0.05, 0) is 49.1 Å². The summed E-state index contributed by atoms with van der Waals surface area (Å²) in [5.41, 5.74) is 2.77. The third-order valence-electron chi connectivity index (χ3n) is 5.36.